The van der Waals surface area contributed by atoms with Gasteiger partial charge in [0.2, 0.25) is 0 Å². The number of fused-ring (bicyclic) bond motifs is 1. The summed E-state index contributed by atoms with van der Waals surface area (Å²) in [7, 11) is 0. The lowest BCUT2D eigenvalue weighted by molar-refractivity contribution is -0.135. The molecule has 1 amide bonds. The monoisotopic (exact) mass is 289 g/mol. The molecule has 0 radical (unpaired) electrons. The molecule has 1 fully saturated rings. The number of aryl methyl sites for hydroxylation is 2. The molecule has 0 saturated carbocycles. The van der Waals surface area contributed by atoms with Gasteiger partial charge in [0.05, 0.1) is 6.10 Å². The third kappa shape index (κ3) is 3.56. The van der Waals surface area contributed by atoms with E-state index in [9.17, 15) is 9.90 Å². The van der Waals surface area contributed by atoms with Crippen LogP contribution in [0.3, 0.4) is 0 Å². The zero-order valence-electron chi connectivity index (χ0n) is 12.4. The van der Waals surface area contributed by atoms with E-state index in [0.29, 0.717) is 25.9 Å². The van der Waals surface area contributed by atoms with Gasteiger partial charge >= 0.3 is 0 Å². The lowest BCUT2D eigenvalue weighted by atomic mass is 9.92. The Morgan fingerprint density at radius 3 is 2.67 bits per heavy atom. The van der Waals surface area contributed by atoms with Crippen LogP contribution in [0.15, 0.2) is 18.2 Å². The number of benzene rings is 1. The molecule has 0 aromatic heterocycles. The van der Waals surface area contributed by atoms with Gasteiger partial charge in [-0.3, -0.25) is 4.79 Å². The van der Waals surface area contributed by atoms with Gasteiger partial charge in [-0.1, -0.05) is 6.07 Å². The van der Waals surface area contributed by atoms with E-state index in [1.54, 1.807) is 4.90 Å². The Labute approximate surface area is 125 Å². The van der Waals surface area contributed by atoms with Crippen molar-refractivity contribution in [2.24, 2.45) is 0 Å². The summed E-state index contributed by atoms with van der Waals surface area (Å²) in [5, 5.41) is 9.46. The molecule has 1 aliphatic carbocycles. The molecule has 1 saturated heterocycles. The minimum Gasteiger partial charge on any atom is -0.484 e. The minimum atomic E-state index is -0.254. The van der Waals surface area contributed by atoms with Crippen molar-refractivity contribution in [3.05, 3.63) is 29.3 Å². The molecule has 3 rings (SSSR count). The minimum absolute atomic E-state index is 0.0135. The molecule has 1 N–H and O–H groups in total. The Hall–Kier alpha value is -1.55. The maximum Gasteiger partial charge on any atom is 0.260 e. The normalized spacial score (nSPS) is 19.2. The Morgan fingerprint density at radius 2 is 1.90 bits per heavy atom. The fraction of sp³-hybridized carbons (Fsp3) is 0.588. The van der Waals surface area contributed by atoms with Gasteiger partial charge in [0.25, 0.3) is 5.91 Å². The summed E-state index contributed by atoms with van der Waals surface area (Å²) < 4.78 is 5.66. The van der Waals surface area contributed by atoms with Crippen LogP contribution < -0.4 is 4.74 Å². The standard InChI is InChI=1S/C17H23NO3/c19-15-7-9-18(10-8-15)17(20)12-21-16-6-5-13-3-1-2-4-14(13)11-16/h5-6,11,15,19H,1-4,7-10,12H2. The zero-order chi connectivity index (χ0) is 14.7. The number of carbonyl (C=O) groups is 1. The summed E-state index contributed by atoms with van der Waals surface area (Å²) in [6.45, 7) is 1.36. The first kappa shape index (κ1) is 14.4. The average Bonchev–Trinajstić information content (AvgIpc) is 2.53. The molecule has 2 aliphatic rings. The molecule has 0 unspecified atom stereocenters. The highest BCUT2D eigenvalue weighted by molar-refractivity contribution is 5.77. The molecule has 1 aromatic rings. The quantitative estimate of drug-likeness (QED) is 0.925. The Morgan fingerprint density at radius 1 is 1.19 bits per heavy atom. The van der Waals surface area contributed by atoms with E-state index in [1.807, 2.05) is 6.07 Å². The second-order valence-electron chi connectivity index (χ2n) is 6.04. The lowest BCUT2D eigenvalue weighted by Gasteiger charge is -2.29. The van der Waals surface area contributed by atoms with Gasteiger partial charge in [-0.2, -0.15) is 0 Å². The Kier molecular flexibility index (Phi) is 4.44. The number of amides is 1. The molecule has 21 heavy (non-hydrogen) atoms. The molecule has 4 nitrogen and oxygen atoms in total. The van der Waals surface area contributed by atoms with E-state index in [0.717, 1.165) is 18.6 Å². The predicted molar refractivity (Wildman–Crippen MR) is 80.4 cm³/mol. The summed E-state index contributed by atoms with van der Waals surface area (Å²) in [4.78, 5) is 13.9. The third-order valence-corrected chi connectivity index (χ3v) is 4.50. The molecule has 1 heterocycles. The van der Waals surface area contributed by atoms with Crippen molar-refractivity contribution in [3.8, 4) is 5.75 Å². The predicted octanol–water partition coefficient (Wildman–Crippen LogP) is 1.93. The smallest absolute Gasteiger partial charge is 0.260 e. The average molecular weight is 289 g/mol. The number of hydrogen-bond donors (Lipinski definition) is 1. The first-order valence-electron chi connectivity index (χ1n) is 7.93. The van der Waals surface area contributed by atoms with Crippen LogP contribution in [0.1, 0.15) is 36.8 Å². The van der Waals surface area contributed by atoms with E-state index in [4.69, 9.17) is 4.74 Å². The number of nitrogens with zero attached hydrogens (tertiary/aromatic N) is 1. The van der Waals surface area contributed by atoms with Crippen LogP contribution in [0.5, 0.6) is 5.75 Å². The summed E-state index contributed by atoms with van der Waals surface area (Å²) in [5.74, 6) is 0.806. The maximum absolute atomic E-state index is 12.1. The summed E-state index contributed by atoms with van der Waals surface area (Å²) in [6.07, 6.45) is 5.87. The third-order valence-electron chi connectivity index (χ3n) is 4.50. The van der Waals surface area contributed by atoms with E-state index in [1.165, 1.54) is 24.0 Å². The van der Waals surface area contributed by atoms with Crippen LogP contribution in [0.2, 0.25) is 0 Å². The van der Waals surface area contributed by atoms with Gasteiger partial charge < -0.3 is 14.7 Å². The highest BCUT2D eigenvalue weighted by atomic mass is 16.5. The van der Waals surface area contributed by atoms with Crippen LogP contribution in [0.25, 0.3) is 0 Å². The van der Waals surface area contributed by atoms with Crippen LogP contribution in [0.4, 0.5) is 0 Å². The van der Waals surface area contributed by atoms with E-state index >= 15 is 0 Å². The Bertz CT molecular complexity index is 507. The topological polar surface area (TPSA) is 49.8 Å². The van der Waals surface area contributed by atoms with Gasteiger partial charge in [0, 0.05) is 13.1 Å². The van der Waals surface area contributed by atoms with Crippen molar-refractivity contribution in [2.45, 2.75) is 44.6 Å². The molecule has 4 heteroatoms. The van der Waals surface area contributed by atoms with Crippen molar-refractivity contribution in [1.82, 2.24) is 4.90 Å². The maximum atomic E-state index is 12.1. The number of likely N-dealkylation sites (tertiary alicyclic amines) is 1. The lowest BCUT2D eigenvalue weighted by Crippen LogP contribution is -2.42. The first-order chi connectivity index (χ1) is 10.2. The first-order valence-corrected chi connectivity index (χ1v) is 7.93. The molecule has 0 atom stereocenters. The van der Waals surface area contributed by atoms with E-state index in [-0.39, 0.29) is 18.6 Å². The van der Waals surface area contributed by atoms with Crippen molar-refractivity contribution < 1.29 is 14.6 Å². The van der Waals surface area contributed by atoms with Crippen molar-refractivity contribution in [2.75, 3.05) is 19.7 Å². The number of hydrogen-bond acceptors (Lipinski definition) is 3. The molecule has 1 aromatic carbocycles. The fourth-order valence-corrected chi connectivity index (χ4v) is 3.15. The van der Waals surface area contributed by atoms with Gasteiger partial charge in [-0.25, -0.2) is 0 Å². The largest absolute Gasteiger partial charge is 0.484 e. The number of rotatable bonds is 3. The van der Waals surface area contributed by atoms with Crippen molar-refractivity contribution in [1.29, 1.82) is 0 Å². The van der Waals surface area contributed by atoms with Gasteiger partial charge in [-0.15, -0.1) is 0 Å². The van der Waals surface area contributed by atoms with Crippen molar-refractivity contribution in [3.63, 3.8) is 0 Å². The molecule has 1 aliphatic heterocycles. The number of ether oxygens (including phenoxy) is 1. The molecule has 0 bridgehead atoms. The van der Waals surface area contributed by atoms with E-state index in [2.05, 4.69) is 12.1 Å². The van der Waals surface area contributed by atoms with Crippen LogP contribution >= 0.6 is 0 Å². The summed E-state index contributed by atoms with van der Waals surface area (Å²) >= 11 is 0. The summed E-state index contributed by atoms with van der Waals surface area (Å²) in [5.41, 5.74) is 2.79. The van der Waals surface area contributed by atoms with Crippen LogP contribution in [-0.4, -0.2) is 41.7 Å². The number of aliphatic hydroxyl groups excluding tert-OH is 1. The van der Waals surface area contributed by atoms with Crippen LogP contribution in [0, 0.1) is 0 Å². The van der Waals surface area contributed by atoms with E-state index < -0.39 is 0 Å². The highest BCUT2D eigenvalue weighted by Gasteiger charge is 2.21. The van der Waals surface area contributed by atoms with Gasteiger partial charge in [-0.05, 0) is 61.8 Å². The SMILES string of the molecule is O=C(COc1ccc2c(c1)CCCC2)N1CCC(O)CC1. The number of aliphatic hydroxyl groups is 1. The summed E-state index contributed by atoms with van der Waals surface area (Å²) in [6, 6.07) is 6.19. The number of piperidine rings is 1. The fourth-order valence-electron chi connectivity index (χ4n) is 3.15. The molecular formula is C17H23NO3. The molecule has 114 valence electrons. The Balaban J connectivity index is 1.54. The van der Waals surface area contributed by atoms with Crippen LogP contribution in [-0.2, 0) is 17.6 Å². The zero-order valence-corrected chi connectivity index (χ0v) is 12.4. The van der Waals surface area contributed by atoms with Gasteiger partial charge in [0.1, 0.15) is 5.75 Å². The molecular weight excluding hydrogens is 266 g/mol. The second-order valence-corrected chi connectivity index (χ2v) is 6.04. The highest BCUT2D eigenvalue weighted by Crippen LogP contribution is 2.25. The van der Waals surface area contributed by atoms with Gasteiger partial charge in [0.15, 0.2) is 6.61 Å². The van der Waals surface area contributed by atoms with Crippen molar-refractivity contribution >= 4 is 5.91 Å². The molecule has 0 spiro atoms. The second kappa shape index (κ2) is 6.48. The number of carbonyl (C=O) groups excluding carboxylic acids is 1.